The largest absolute Gasteiger partial charge is 0.300 e. The monoisotopic (exact) mass is 265 g/mol. The highest BCUT2D eigenvalue weighted by atomic mass is 79.9. The molecule has 1 fully saturated rings. The normalized spacial score (nSPS) is 25.8. The first kappa shape index (κ1) is 9.86. The summed E-state index contributed by atoms with van der Waals surface area (Å²) in [6.07, 6.45) is 5.29. The van der Waals surface area contributed by atoms with E-state index in [1.807, 2.05) is 0 Å². The van der Waals surface area contributed by atoms with Crippen molar-refractivity contribution in [2.45, 2.75) is 31.7 Å². The van der Waals surface area contributed by atoms with Gasteiger partial charge >= 0.3 is 0 Å². The highest BCUT2D eigenvalue weighted by Gasteiger charge is 2.27. The summed E-state index contributed by atoms with van der Waals surface area (Å²) in [5.41, 5.74) is 3.13. The van der Waals surface area contributed by atoms with Gasteiger partial charge < -0.3 is 0 Å². The van der Waals surface area contributed by atoms with Gasteiger partial charge in [-0.15, -0.1) is 0 Å². The molecule has 2 aliphatic rings. The van der Waals surface area contributed by atoms with Crippen LogP contribution in [-0.2, 0) is 12.8 Å². The van der Waals surface area contributed by atoms with Gasteiger partial charge in [0.1, 0.15) is 0 Å². The molecule has 1 nitrogen and oxygen atoms in total. The SMILES string of the molecule is Brc1ccc2c(c1)CC(N1CCC1)CC2. The minimum atomic E-state index is 0.820. The van der Waals surface area contributed by atoms with Crippen molar-refractivity contribution < 1.29 is 0 Å². The van der Waals surface area contributed by atoms with E-state index in [0.29, 0.717) is 0 Å². The van der Waals surface area contributed by atoms with E-state index in [1.54, 1.807) is 11.1 Å². The van der Waals surface area contributed by atoms with Crippen LogP contribution in [-0.4, -0.2) is 24.0 Å². The lowest BCUT2D eigenvalue weighted by Crippen LogP contribution is -2.47. The average molecular weight is 266 g/mol. The van der Waals surface area contributed by atoms with Crippen LogP contribution in [0.15, 0.2) is 22.7 Å². The van der Waals surface area contributed by atoms with Gasteiger partial charge in [-0.1, -0.05) is 22.0 Å². The minimum Gasteiger partial charge on any atom is -0.300 e. The predicted molar refractivity (Wildman–Crippen MR) is 66.1 cm³/mol. The molecular formula is C13H16BrN. The molecule has 0 N–H and O–H groups in total. The summed E-state index contributed by atoms with van der Waals surface area (Å²) in [6.45, 7) is 2.65. The van der Waals surface area contributed by atoms with E-state index in [1.165, 1.54) is 43.2 Å². The standard InChI is InChI=1S/C13H16BrN/c14-12-4-2-10-3-5-13(9-11(10)8-12)15-6-1-7-15/h2,4,8,13H,1,3,5-7,9H2. The van der Waals surface area contributed by atoms with E-state index in [4.69, 9.17) is 0 Å². The molecule has 1 aromatic carbocycles. The Balaban J connectivity index is 1.81. The van der Waals surface area contributed by atoms with Crippen LogP contribution in [0.3, 0.4) is 0 Å². The van der Waals surface area contributed by atoms with Crippen molar-refractivity contribution in [1.82, 2.24) is 4.90 Å². The number of halogens is 1. The molecule has 2 heteroatoms. The summed E-state index contributed by atoms with van der Waals surface area (Å²) in [5.74, 6) is 0. The van der Waals surface area contributed by atoms with Crippen LogP contribution in [0, 0.1) is 0 Å². The summed E-state index contributed by atoms with van der Waals surface area (Å²) in [5, 5.41) is 0. The van der Waals surface area contributed by atoms with Gasteiger partial charge in [-0.2, -0.15) is 0 Å². The van der Waals surface area contributed by atoms with Crippen molar-refractivity contribution in [2.75, 3.05) is 13.1 Å². The Bertz CT molecular complexity index is 371. The summed E-state index contributed by atoms with van der Waals surface area (Å²) in [4.78, 5) is 2.64. The Morgan fingerprint density at radius 3 is 2.80 bits per heavy atom. The number of hydrogen-bond acceptors (Lipinski definition) is 1. The van der Waals surface area contributed by atoms with Crippen molar-refractivity contribution >= 4 is 15.9 Å². The zero-order valence-electron chi connectivity index (χ0n) is 8.88. The van der Waals surface area contributed by atoms with Crippen molar-refractivity contribution in [1.29, 1.82) is 0 Å². The number of rotatable bonds is 1. The first-order chi connectivity index (χ1) is 7.33. The number of fused-ring (bicyclic) bond motifs is 1. The van der Waals surface area contributed by atoms with Crippen molar-refractivity contribution in [3.8, 4) is 0 Å². The van der Waals surface area contributed by atoms with E-state index >= 15 is 0 Å². The van der Waals surface area contributed by atoms with Crippen LogP contribution in [0.1, 0.15) is 24.0 Å². The molecule has 0 aromatic heterocycles. The Morgan fingerprint density at radius 2 is 2.07 bits per heavy atom. The lowest BCUT2D eigenvalue weighted by molar-refractivity contribution is 0.107. The molecule has 1 unspecified atom stereocenters. The lowest BCUT2D eigenvalue weighted by atomic mass is 9.86. The zero-order valence-corrected chi connectivity index (χ0v) is 10.5. The molecule has 1 saturated heterocycles. The molecule has 0 radical (unpaired) electrons. The van der Waals surface area contributed by atoms with Crippen LogP contribution in [0.5, 0.6) is 0 Å². The fourth-order valence-corrected chi connectivity index (χ4v) is 3.13. The molecule has 0 bridgehead atoms. The van der Waals surface area contributed by atoms with E-state index < -0.39 is 0 Å². The molecule has 80 valence electrons. The van der Waals surface area contributed by atoms with Gasteiger partial charge in [-0.3, -0.25) is 4.90 Å². The van der Waals surface area contributed by atoms with Gasteiger partial charge in [-0.05, 0) is 62.0 Å². The Labute approximate surface area is 99.6 Å². The number of aryl methyl sites for hydroxylation is 1. The average Bonchev–Trinajstić information content (AvgIpc) is 2.14. The molecule has 1 atom stereocenters. The third kappa shape index (κ3) is 1.85. The maximum Gasteiger partial charge on any atom is 0.0178 e. The quantitative estimate of drug-likeness (QED) is 0.755. The summed E-state index contributed by atoms with van der Waals surface area (Å²) in [7, 11) is 0. The highest BCUT2D eigenvalue weighted by Crippen LogP contribution is 2.28. The first-order valence-electron chi connectivity index (χ1n) is 5.84. The van der Waals surface area contributed by atoms with Crippen LogP contribution < -0.4 is 0 Å². The maximum absolute atomic E-state index is 3.56. The molecule has 15 heavy (non-hydrogen) atoms. The third-order valence-corrected chi connectivity index (χ3v) is 4.27. The fraction of sp³-hybridized carbons (Fsp3) is 0.538. The van der Waals surface area contributed by atoms with E-state index in [2.05, 4.69) is 39.0 Å². The highest BCUT2D eigenvalue weighted by molar-refractivity contribution is 9.10. The van der Waals surface area contributed by atoms with Gasteiger partial charge in [0, 0.05) is 10.5 Å². The molecule has 1 aliphatic carbocycles. The maximum atomic E-state index is 3.56. The third-order valence-electron chi connectivity index (χ3n) is 3.78. The molecule has 0 amide bonds. The lowest BCUT2D eigenvalue weighted by Gasteiger charge is -2.40. The van der Waals surface area contributed by atoms with Crippen molar-refractivity contribution in [3.63, 3.8) is 0 Å². The van der Waals surface area contributed by atoms with Crippen LogP contribution in [0.4, 0.5) is 0 Å². The molecule has 3 rings (SSSR count). The van der Waals surface area contributed by atoms with Gasteiger partial charge in [0.25, 0.3) is 0 Å². The van der Waals surface area contributed by atoms with Gasteiger partial charge in [0.05, 0.1) is 0 Å². The Hall–Kier alpha value is -0.340. The minimum absolute atomic E-state index is 0.820. The molecular weight excluding hydrogens is 250 g/mol. The zero-order chi connectivity index (χ0) is 10.3. The summed E-state index contributed by atoms with van der Waals surface area (Å²) >= 11 is 3.56. The molecule has 0 spiro atoms. The second-order valence-corrected chi connectivity index (χ2v) is 5.61. The molecule has 1 heterocycles. The number of benzene rings is 1. The second-order valence-electron chi connectivity index (χ2n) is 4.70. The second kappa shape index (κ2) is 3.91. The molecule has 1 aliphatic heterocycles. The number of likely N-dealkylation sites (tertiary alicyclic amines) is 1. The van der Waals surface area contributed by atoms with Crippen molar-refractivity contribution in [3.05, 3.63) is 33.8 Å². The van der Waals surface area contributed by atoms with Gasteiger partial charge in [0.2, 0.25) is 0 Å². The fourth-order valence-electron chi connectivity index (χ4n) is 2.72. The van der Waals surface area contributed by atoms with Gasteiger partial charge in [0.15, 0.2) is 0 Å². The Morgan fingerprint density at radius 1 is 1.20 bits per heavy atom. The van der Waals surface area contributed by atoms with Crippen molar-refractivity contribution in [2.24, 2.45) is 0 Å². The summed E-state index contributed by atoms with van der Waals surface area (Å²) in [6, 6.07) is 7.58. The van der Waals surface area contributed by atoms with E-state index in [-0.39, 0.29) is 0 Å². The van der Waals surface area contributed by atoms with Crippen LogP contribution >= 0.6 is 15.9 Å². The predicted octanol–water partition coefficient (Wildman–Crippen LogP) is 3.01. The summed E-state index contributed by atoms with van der Waals surface area (Å²) < 4.78 is 1.23. The van der Waals surface area contributed by atoms with Crippen LogP contribution in [0.2, 0.25) is 0 Å². The van der Waals surface area contributed by atoms with E-state index in [9.17, 15) is 0 Å². The Kier molecular flexibility index (Phi) is 2.57. The van der Waals surface area contributed by atoms with Gasteiger partial charge in [-0.25, -0.2) is 0 Å². The van der Waals surface area contributed by atoms with E-state index in [0.717, 1.165) is 6.04 Å². The number of hydrogen-bond donors (Lipinski definition) is 0. The van der Waals surface area contributed by atoms with Crippen LogP contribution in [0.25, 0.3) is 0 Å². The first-order valence-corrected chi connectivity index (χ1v) is 6.63. The smallest absolute Gasteiger partial charge is 0.0178 e. The topological polar surface area (TPSA) is 3.24 Å². The molecule has 0 saturated carbocycles. The number of nitrogens with zero attached hydrogens (tertiary/aromatic N) is 1. The molecule has 1 aromatic rings.